The first-order chi connectivity index (χ1) is 9.38. The number of hydrogen-bond donors (Lipinski definition) is 1. The Morgan fingerprint density at radius 1 is 1.40 bits per heavy atom. The molecule has 1 rings (SSSR count). The van der Waals surface area contributed by atoms with Crippen molar-refractivity contribution in [3.05, 3.63) is 34.3 Å². The first-order valence-corrected chi connectivity index (χ1v) is 6.70. The van der Waals surface area contributed by atoms with E-state index in [0.29, 0.717) is 15.8 Å². The molecule has 5 nitrogen and oxygen atoms in total. The van der Waals surface area contributed by atoms with Gasteiger partial charge in [-0.1, -0.05) is 6.07 Å². The lowest BCUT2D eigenvalue weighted by atomic mass is 10.2. The summed E-state index contributed by atoms with van der Waals surface area (Å²) in [5.74, 6) is -0.974. The van der Waals surface area contributed by atoms with Gasteiger partial charge in [0.2, 0.25) is 0 Å². The van der Waals surface area contributed by atoms with Crippen LogP contribution in [0.4, 0.5) is 0 Å². The molecule has 1 aromatic carbocycles. The number of aliphatic carboxylic acids is 1. The summed E-state index contributed by atoms with van der Waals surface area (Å²) in [6.07, 6.45) is 2.32. The third-order valence-corrected chi connectivity index (χ3v) is 2.71. The summed E-state index contributed by atoms with van der Waals surface area (Å²) < 4.78 is 10.9. The highest BCUT2D eigenvalue weighted by molar-refractivity contribution is 9.10. The standard InChI is InChI=1S/C14H15BrO5/c1-9(2)20-14(18)8-19-12-5-3-10(7-11(12)15)4-6-13(16)17/h3-7,9H,8H2,1-2H3,(H,16,17). The van der Waals surface area contributed by atoms with E-state index in [1.165, 1.54) is 6.08 Å². The zero-order valence-corrected chi connectivity index (χ0v) is 12.7. The van der Waals surface area contributed by atoms with Crippen LogP contribution in [-0.4, -0.2) is 29.8 Å². The lowest BCUT2D eigenvalue weighted by molar-refractivity contribution is -0.149. The summed E-state index contributed by atoms with van der Waals surface area (Å²) >= 11 is 3.30. The molecule has 0 atom stereocenters. The van der Waals surface area contributed by atoms with Crippen molar-refractivity contribution in [2.75, 3.05) is 6.61 Å². The second-order valence-electron chi connectivity index (χ2n) is 4.19. The number of carbonyl (C=O) groups is 2. The highest BCUT2D eigenvalue weighted by Gasteiger charge is 2.08. The summed E-state index contributed by atoms with van der Waals surface area (Å²) in [7, 11) is 0. The normalized spacial score (nSPS) is 10.8. The van der Waals surface area contributed by atoms with Crippen molar-refractivity contribution in [3.63, 3.8) is 0 Å². The predicted molar refractivity (Wildman–Crippen MR) is 77.5 cm³/mol. The van der Waals surface area contributed by atoms with Crippen LogP contribution in [0.15, 0.2) is 28.7 Å². The molecule has 0 fully saturated rings. The minimum atomic E-state index is -1.02. The van der Waals surface area contributed by atoms with Gasteiger partial charge in [-0.3, -0.25) is 0 Å². The number of ether oxygens (including phenoxy) is 2. The van der Waals surface area contributed by atoms with Gasteiger partial charge in [0.25, 0.3) is 0 Å². The van der Waals surface area contributed by atoms with E-state index in [9.17, 15) is 9.59 Å². The van der Waals surface area contributed by atoms with Crippen LogP contribution in [-0.2, 0) is 14.3 Å². The van der Waals surface area contributed by atoms with Crippen LogP contribution in [0.5, 0.6) is 5.75 Å². The maximum Gasteiger partial charge on any atom is 0.344 e. The number of halogens is 1. The SMILES string of the molecule is CC(C)OC(=O)COc1ccc(C=CC(=O)O)cc1Br. The first-order valence-electron chi connectivity index (χ1n) is 5.91. The molecule has 0 aliphatic carbocycles. The van der Waals surface area contributed by atoms with Crippen molar-refractivity contribution in [2.24, 2.45) is 0 Å². The van der Waals surface area contributed by atoms with Gasteiger partial charge in [-0.2, -0.15) is 0 Å². The molecule has 0 heterocycles. The molecule has 0 saturated heterocycles. The molecule has 0 unspecified atom stereocenters. The fraction of sp³-hybridized carbons (Fsp3) is 0.286. The summed E-state index contributed by atoms with van der Waals surface area (Å²) in [5.41, 5.74) is 0.705. The molecule has 20 heavy (non-hydrogen) atoms. The molecule has 0 radical (unpaired) electrons. The molecule has 0 aliphatic heterocycles. The maximum atomic E-state index is 11.3. The quantitative estimate of drug-likeness (QED) is 0.635. The molecule has 6 heteroatoms. The minimum Gasteiger partial charge on any atom is -0.481 e. The zero-order valence-electron chi connectivity index (χ0n) is 11.1. The second kappa shape index (κ2) is 7.69. The lowest BCUT2D eigenvalue weighted by Crippen LogP contribution is -2.18. The Bertz CT molecular complexity index is 522. The number of hydrogen-bond acceptors (Lipinski definition) is 4. The third kappa shape index (κ3) is 5.88. The van der Waals surface area contributed by atoms with Gasteiger partial charge in [0.05, 0.1) is 10.6 Å². The molecule has 0 aliphatic rings. The summed E-state index contributed by atoms with van der Waals surface area (Å²) in [6.45, 7) is 3.34. The Balaban J connectivity index is 2.64. The zero-order chi connectivity index (χ0) is 15.1. The van der Waals surface area contributed by atoms with Gasteiger partial charge in [-0.05, 0) is 53.5 Å². The van der Waals surface area contributed by atoms with E-state index in [-0.39, 0.29) is 12.7 Å². The van der Waals surface area contributed by atoms with E-state index in [2.05, 4.69) is 15.9 Å². The fourth-order valence-corrected chi connectivity index (χ4v) is 1.85. The molecular weight excluding hydrogens is 328 g/mol. The number of rotatable bonds is 6. The lowest BCUT2D eigenvalue weighted by Gasteiger charge is -2.10. The number of esters is 1. The smallest absolute Gasteiger partial charge is 0.344 e. The van der Waals surface area contributed by atoms with Crippen molar-refractivity contribution in [1.29, 1.82) is 0 Å². The molecule has 0 bridgehead atoms. The maximum absolute atomic E-state index is 11.3. The number of carbonyl (C=O) groups excluding carboxylic acids is 1. The topological polar surface area (TPSA) is 72.8 Å². The Morgan fingerprint density at radius 3 is 2.65 bits per heavy atom. The predicted octanol–water partition coefficient (Wildman–Crippen LogP) is 2.88. The van der Waals surface area contributed by atoms with Crippen molar-refractivity contribution >= 4 is 33.9 Å². The van der Waals surface area contributed by atoms with Crippen molar-refractivity contribution in [3.8, 4) is 5.75 Å². The van der Waals surface area contributed by atoms with Crippen LogP contribution >= 0.6 is 15.9 Å². The monoisotopic (exact) mass is 342 g/mol. The molecule has 0 spiro atoms. The fourth-order valence-electron chi connectivity index (χ4n) is 1.34. The van der Waals surface area contributed by atoms with E-state index in [1.807, 2.05) is 0 Å². The van der Waals surface area contributed by atoms with Gasteiger partial charge >= 0.3 is 11.9 Å². The molecule has 1 aromatic rings. The summed E-state index contributed by atoms with van der Waals surface area (Å²) in [4.78, 5) is 21.8. The van der Waals surface area contributed by atoms with Crippen molar-refractivity contribution < 1.29 is 24.2 Å². The molecule has 0 amide bonds. The van der Waals surface area contributed by atoms with E-state index in [0.717, 1.165) is 6.08 Å². The van der Waals surface area contributed by atoms with E-state index in [4.69, 9.17) is 14.6 Å². The van der Waals surface area contributed by atoms with Gasteiger partial charge in [0, 0.05) is 6.08 Å². The minimum absolute atomic E-state index is 0.179. The molecule has 0 saturated carbocycles. The Kier molecular flexibility index (Phi) is 6.24. The molecular formula is C14H15BrO5. The van der Waals surface area contributed by atoms with Gasteiger partial charge in [-0.15, -0.1) is 0 Å². The Labute approximate surface area is 125 Å². The van der Waals surface area contributed by atoms with Gasteiger partial charge in [0.1, 0.15) is 5.75 Å². The van der Waals surface area contributed by atoms with Crippen molar-refractivity contribution in [1.82, 2.24) is 0 Å². The number of benzene rings is 1. The Hall–Kier alpha value is -1.82. The van der Waals surface area contributed by atoms with Crippen molar-refractivity contribution in [2.45, 2.75) is 20.0 Å². The summed E-state index contributed by atoms with van der Waals surface area (Å²) in [6, 6.07) is 5.03. The number of carboxylic acid groups (broad SMARTS) is 1. The van der Waals surface area contributed by atoms with Crippen LogP contribution in [0.2, 0.25) is 0 Å². The largest absolute Gasteiger partial charge is 0.481 e. The summed E-state index contributed by atoms with van der Waals surface area (Å²) in [5, 5.41) is 8.54. The van der Waals surface area contributed by atoms with Gasteiger partial charge < -0.3 is 14.6 Å². The van der Waals surface area contributed by atoms with E-state index in [1.54, 1.807) is 32.0 Å². The molecule has 1 N–H and O–H groups in total. The van der Waals surface area contributed by atoms with Crippen LogP contribution in [0.25, 0.3) is 6.08 Å². The molecule has 0 aromatic heterocycles. The third-order valence-electron chi connectivity index (χ3n) is 2.09. The number of carboxylic acids is 1. The highest BCUT2D eigenvalue weighted by Crippen LogP contribution is 2.26. The van der Waals surface area contributed by atoms with Crippen LogP contribution in [0, 0.1) is 0 Å². The highest BCUT2D eigenvalue weighted by atomic mass is 79.9. The van der Waals surface area contributed by atoms with Crippen LogP contribution in [0.1, 0.15) is 19.4 Å². The van der Waals surface area contributed by atoms with Crippen LogP contribution < -0.4 is 4.74 Å². The average Bonchev–Trinajstić information content (AvgIpc) is 2.34. The van der Waals surface area contributed by atoms with E-state index >= 15 is 0 Å². The average molecular weight is 343 g/mol. The van der Waals surface area contributed by atoms with Gasteiger partial charge in [-0.25, -0.2) is 9.59 Å². The Morgan fingerprint density at radius 2 is 2.10 bits per heavy atom. The second-order valence-corrected chi connectivity index (χ2v) is 5.04. The first kappa shape index (κ1) is 16.2. The van der Waals surface area contributed by atoms with Gasteiger partial charge in [0.15, 0.2) is 6.61 Å². The van der Waals surface area contributed by atoms with E-state index < -0.39 is 11.9 Å². The van der Waals surface area contributed by atoms with Crippen LogP contribution in [0.3, 0.4) is 0 Å². The molecule has 108 valence electrons.